The Balaban J connectivity index is 0.00000288. The van der Waals surface area contributed by atoms with Crippen LogP contribution in [0.1, 0.15) is 11.1 Å². The number of nitrogens with zero attached hydrogens (tertiary/aromatic N) is 3. The van der Waals surface area contributed by atoms with E-state index in [0.29, 0.717) is 6.54 Å². The Hall–Kier alpha value is -1.83. The number of benzene rings is 1. The molecule has 0 aliphatic heterocycles. The molecule has 2 aromatic rings. The second-order valence-electron chi connectivity index (χ2n) is 5.50. The maximum absolute atomic E-state index is 4.32. The van der Waals surface area contributed by atoms with Crippen molar-refractivity contribution in [2.75, 3.05) is 32.6 Å². The van der Waals surface area contributed by atoms with Crippen LogP contribution in [0.3, 0.4) is 0 Å². The van der Waals surface area contributed by atoms with Crippen LogP contribution in [0.2, 0.25) is 0 Å². The van der Waals surface area contributed by atoms with Gasteiger partial charge in [-0.15, -0.1) is 24.0 Å². The van der Waals surface area contributed by atoms with Crippen molar-refractivity contribution in [2.45, 2.75) is 13.0 Å². The monoisotopic (exact) mass is 439 g/mol. The highest BCUT2D eigenvalue weighted by atomic mass is 127. The van der Waals surface area contributed by atoms with Gasteiger partial charge in [-0.2, -0.15) is 0 Å². The lowest BCUT2D eigenvalue weighted by molar-refractivity contribution is 0.793. The number of aromatic nitrogens is 1. The largest absolute Gasteiger partial charge is 0.363 e. The van der Waals surface area contributed by atoms with Crippen molar-refractivity contribution in [2.24, 2.45) is 4.99 Å². The first kappa shape index (κ1) is 20.2. The van der Waals surface area contributed by atoms with Gasteiger partial charge in [0.1, 0.15) is 5.82 Å². The standard InChI is InChI=1S/C18H25N5.HI/c1-19-18(21-12-9-15-7-5-4-6-8-15)22-14-16-10-11-20-17(13-16)23(2)3;/h4-8,10-11,13H,9,12,14H2,1-3H3,(H2,19,21,22);1H. The molecular formula is C18H26IN5. The number of rotatable bonds is 6. The summed E-state index contributed by atoms with van der Waals surface area (Å²) in [4.78, 5) is 10.6. The normalized spacial score (nSPS) is 10.7. The predicted octanol–water partition coefficient (Wildman–Crippen LogP) is 2.67. The van der Waals surface area contributed by atoms with Gasteiger partial charge in [0, 0.05) is 40.4 Å². The van der Waals surface area contributed by atoms with Crippen LogP contribution in [-0.4, -0.2) is 38.6 Å². The quantitative estimate of drug-likeness (QED) is 0.413. The Morgan fingerprint density at radius 1 is 1.08 bits per heavy atom. The summed E-state index contributed by atoms with van der Waals surface area (Å²) in [5.41, 5.74) is 2.50. The highest BCUT2D eigenvalue weighted by Gasteiger charge is 2.01. The third kappa shape index (κ3) is 6.74. The summed E-state index contributed by atoms with van der Waals surface area (Å²) in [6.07, 6.45) is 2.81. The fourth-order valence-corrected chi connectivity index (χ4v) is 2.19. The molecule has 0 unspecified atom stereocenters. The summed E-state index contributed by atoms with van der Waals surface area (Å²) in [6, 6.07) is 14.5. The van der Waals surface area contributed by atoms with Crippen molar-refractivity contribution in [3.05, 3.63) is 59.8 Å². The lowest BCUT2D eigenvalue weighted by Crippen LogP contribution is -2.37. The van der Waals surface area contributed by atoms with E-state index >= 15 is 0 Å². The molecule has 2 rings (SSSR count). The minimum absolute atomic E-state index is 0. The maximum Gasteiger partial charge on any atom is 0.191 e. The van der Waals surface area contributed by atoms with Crippen molar-refractivity contribution >= 4 is 35.8 Å². The molecule has 0 saturated heterocycles. The van der Waals surface area contributed by atoms with Gasteiger partial charge in [0.25, 0.3) is 0 Å². The zero-order chi connectivity index (χ0) is 16.5. The minimum atomic E-state index is 0. The van der Waals surface area contributed by atoms with E-state index in [1.54, 1.807) is 7.05 Å². The van der Waals surface area contributed by atoms with Gasteiger partial charge in [-0.25, -0.2) is 4.98 Å². The molecule has 2 N–H and O–H groups in total. The van der Waals surface area contributed by atoms with Gasteiger partial charge in [0.2, 0.25) is 0 Å². The number of anilines is 1. The average Bonchev–Trinajstić information content (AvgIpc) is 2.59. The van der Waals surface area contributed by atoms with E-state index in [2.05, 4.69) is 50.9 Å². The number of halogens is 1. The van der Waals surface area contributed by atoms with E-state index < -0.39 is 0 Å². The van der Waals surface area contributed by atoms with Gasteiger partial charge in [-0.1, -0.05) is 30.3 Å². The SMILES string of the molecule is CN=C(NCCc1ccccc1)NCc1ccnc(N(C)C)c1.I. The lowest BCUT2D eigenvalue weighted by Gasteiger charge is -2.14. The van der Waals surface area contributed by atoms with Crippen LogP contribution in [0, 0.1) is 0 Å². The van der Waals surface area contributed by atoms with Gasteiger partial charge >= 0.3 is 0 Å². The molecule has 0 spiro atoms. The molecule has 5 nitrogen and oxygen atoms in total. The zero-order valence-corrected chi connectivity index (χ0v) is 16.8. The van der Waals surface area contributed by atoms with Crippen molar-refractivity contribution in [3.63, 3.8) is 0 Å². The summed E-state index contributed by atoms with van der Waals surface area (Å²) in [5.74, 6) is 1.76. The zero-order valence-electron chi connectivity index (χ0n) is 14.5. The van der Waals surface area contributed by atoms with Gasteiger partial charge < -0.3 is 15.5 Å². The van der Waals surface area contributed by atoms with E-state index in [9.17, 15) is 0 Å². The number of hydrogen-bond donors (Lipinski definition) is 2. The first-order chi connectivity index (χ1) is 11.2. The van der Waals surface area contributed by atoms with Crippen LogP contribution in [0.4, 0.5) is 5.82 Å². The molecule has 24 heavy (non-hydrogen) atoms. The summed E-state index contributed by atoms with van der Waals surface area (Å²) in [5, 5.41) is 6.67. The molecule has 6 heteroatoms. The number of aliphatic imine (C=N–C) groups is 1. The molecule has 0 bridgehead atoms. The van der Waals surface area contributed by atoms with Crippen molar-refractivity contribution in [1.82, 2.24) is 15.6 Å². The first-order valence-corrected chi connectivity index (χ1v) is 7.79. The molecule has 0 saturated carbocycles. The Kier molecular flexibility index (Phi) is 9.14. The van der Waals surface area contributed by atoms with E-state index in [4.69, 9.17) is 0 Å². The fraction of sp³-hybridized carbons (Fsp3) is 0.333. The van der Waals surface area contributed by atoms with Crippen LogP contribution in [0.15, 0.2) is 53.7 Å². The molecule has 0 atom stereocenters. The molecule has 0 aliphatic carbocycles. The molecule has 1 aromatic carbocycles. The van der Waals surface area contributed by atoms with Crippen molar-refractivity contribution in [1.29, 1.82) is 0 Å². The Morgan fingerprint density at radius 3 is 2.50 bits per heavy atom. The van der Waals surface area contributed by atoms with Crippen LogP contribution < -0.4 is 15.5 Å². The topological polar surface area (TPSA) is 52.6 Å². The molecule has 0 aliphatic rings. The average molecular weight is 439 g/mol. The Labute approximate surface area is 161 Å². The van der Waals surface area contributed by atoms with Gasteiger partial charge in [0.15, 0.2) is 5.96 Å². The number of guanidine groups is 1. The summed E-state index contributed by atoms with van der Waals surface area (Å²) < 4.78 is 0. The summed E-state index contributed by atoms with van der Waals surface area (Å²) >= 11 is 0. The molecule has 1 heterocycles. The highest BCUT2D eigenvalue weighted by molar-refractivity contribution is 14.0. The van der Waals surface area contributed by atoms with E-state index in [1.807, 2.05) is 37.3 Å². The molecule has 0 fully saturated rings. The van der Waals surface area contributed by atoms with Crippen LogP contribution in [0.5, 0.6) is 0 Å². The van der Waals surface area contributed by atoms with Crippen LogP contribution >= 0.6 is 24.0 Å². The number of nitrogens with one attached hydrogen (secondary N) is 2. The maximum atomic E-state index is 4.32. The van der Waals surface area contributed by atoms with Crippen LogP contribution in [-0.2, 0) is 13.0 Å². The smallest absolute Gasteiger partial charge is 0.191 e. The predicted molar refractivity (Wildman–Crippen MR) is 112 cm³/mol. The fourth-order valence-electron chi connectivity index (χ4n) is 2.19. The van der Waals surface area contributed by atoms with Crippen LogP contribution in [0.25, 0.3) is 0 Å². The first-order valence-electron chi connectivity index (χ1n) is 7.79. The molecule has 130 valence electrons. The second-order valence-corrected chi connectivity index (χ2v) is 5.50. The Morgan fingerprint density at radius 2 is 1.83 bits per heavy atom. The molecule has 1 aromatic heterocycles. The summed E-state index contributed by atoms with van der Waals surface area (Å²) in [6.45, 7) is 1.57. The number of hydrogen-bond acceptors (Lipinski definition) is 3. The molecule has 0 radical (unpaired) electrons. The summed E-state index contributed by atoms with van der Waals surface area (Å²) in [7, 11) is 5.77. The second kappa shape index (κ2) is 10.9. The lowest BCUT2D eigenvalue weighted by atomic mass is 10.1. The third-order valence-corrected chi connectivity index (χ3v) is 3.50. The highest BCUT2D eigenvalue weighted by Crippen LogP contribution is 2.09. The van der Waals surface area contributed by atoms with Gasteiger partial charge in [-0.3, -0.25) is 4.99 Å². The van der Waals surface area contributed by atoms with Crippen molar-refractivity contribution < 1.29 is 0 Å². The molecule has 0 amide bonds. The molecular weight excluding hydrogens is 413 g/mol. The third-order valence-electron chi connectivity index (χ3n) is 3.50. The number of pyridine rings is 1. The Bertz CT molecular complexity index is 628. The van der Waals surface area contributed by atoms with Crippen molar-refractivity contribution in [3.8, 4) is 0 Å². The van der Waals surface area contributed by atoms with Gasteiger partial charge in [-0.05, 0) is 29.7 Å². The minimum Gasteiger partial charge on any atom is -0.363 e. The van der Waals surface area contributed by atoms with E-state index in [0.717, 1.165) is 24.7 Å². The van der Waals surface area contributed by atoms with E-state index in [1.165, 1.54) is 11.1 Å². The van der Waals surface area contributed by atoms with E-state index in [-0.39, 0.29) is 24.0 Å². The van der Waals surface area contributed by atoms with Gasteiger partial charge in [0.05, 0.1) is 0 Å².